The van der Waals surface area contributed by atoms with Crippen LogP contribution in [0.4, 0.5) is 0 Å². The average Bonchev–Trinajstić information content (AvgIpc) is 2.28. The van der Waals surface area contributed by atoms with Crippen LogP contribution in [0.2, 0.25) is 0 Å². The van der Waals surface area contributed by atoms with Crippen LogP contribution in [-0.2, 0) is 19.1 Å². The maximum Gasteiger partial charge on any atom is 0.302 e. The standard InChI is InChI=1S/C16H26O4/c1-12(18)19-11-13-6-7-14(20-15(2,3)4)16(5,10-13)8-9-17/h6,9,14H,7-8,10-11H2,1-5H3/t14-,16-/m0/s1. The minimum atomic E-state index is -0.281. The highest BCUT2D eigenvalue weighted by Gasteiger charge is 2.39. The number of aldehydes is 1. The van der Waals surface area contributed by atoms with E-state index in [9.17, 15) is 9.59 Å². The van der Waals surface area contributed by atoms with E-state index in [0.717, 1.165) is 24.7 Å². The molecule has 0 aromatic heterocycles. The van der Waals surface area contributed by atoms with E-state index in [0.29, 0.717) is 13.0 Å². The van der Waals surface area contributed by atoms with Crippen LogP contribution in [0.15, 0.2) is 11.6 Å². The zero-order chi connectivity index (χ0) is 15.4. The second-order valence-electron chi connectivity index (χ2n) is 6.80. The molecule has 114 valence electrons. The summed E-state index contributed by atoms with van der Waals surface area (Å²) >= 11 is 0. The predicted octanol–water partition coefficient (Wildman–Crippen LogP) is 3.05. The van der Waals surface area contributed by atoms with Gasteiger partial charge in [0.15, 0.2) is 0 Å². The summed E-state index contributed by atoms with van der Waals surface area (Å²) in [5.74, 6) is -0.281. The highest BCUT2D eigenvalue weighted by molar-refractivity contribution is 5.66. The molecule has 0 radical (unpaired) electrons. The van der Waals surface area contributed by atoms with Crippen molar-refractivity contribution >= 4 is 12.3 Å². The lowest BCUT2D eigenvalue weighted by Crippen LogP contribution is -2.42. The van der Waals surface area contributed by atoms with Crippen LogP contribution in [0.3, 0.4) is 0 Å². The number of rotatable bonds is 5. The first-order chi connectivity index (χ1) is 9.16. The molecule has 0 aliphatic heterocycles. The quantitative estimate of drug-likeness (QED) is 0.442. The Morgan fingerprint density at radius 3 is 2.65 bits per heavy atom. The number of carbonyl (C=O) groups excluding carboxylic acids is 2. The van der Waals surface area contributed by atoms with Crippen molar-refractivity contribution in [3.8, 4) is 0 Å². The van der Waals surface area contributed by atoms with Gasteiger partial charge < -0.3 is 14.3 Å². The molecule has 0 fully saturated rings. The van der Waals surface area contributed by atoms with Crippen LogP contribution in [-0.4, -0.2) is 30.6 Å². The zero-order valence-corrected chi connectivity index (χ0v) is 13.2. The number of hydrogen-bond acceptors (Lipinski definition) is 4. The summed E-state index contributed by atoms with van der Waals surface area (Å²) in [7, 11) is 0. The molecular formula is C16H26O4. The Labute approximate surface area is 121 Å². The molecule has 20 heavy (non-hydrogen) atoms. The van der Waals surface area contributed by atoms with Crippen molar-refractivity contribution in [2.75, 3.05) is 6.61 Å². The van der Waals surface area contributed by atoms with Crippen molar-refractivity contribution in [3.63, 3.8) is 0 Å². The fourth-order valence-corrected chi connectivity index (χ4v) is 2.58. The lowest BCUT2D eigenvalue weighted by atomic mass is 9.71. The monoisotopic (exact) mass is 282 g/mol. The van der Waals surface area contributed by atoms with Crippen LogP contribution < -0.4 is 0 Å². The SMILES string of the molecule is CC(=O)OCC1=CC[C@H](OC(C)(C)C)[C@@](C)(CC=O)C1. The molecule has 4 heteroatoms. The van der Waals surface area contributed by atoms with Gasteiger partial charge in [0, 0.05) is 18.8 Å². The summed E-state index contributed by atoms with van der Waals surface area (Å²) in [6.45, 7) is 9.84. The van der Waals surface area contributed by atoms with E-state index < -0.39 is 0 Å². The largest absolute Gasteiger partial charge is 0.461 e. The van der Waals surface area contributed by atoms with E-state index in [2.05, 4.69) is 13.0 Å². The van der Waals surface area contributed by atoms with Gasteiger partial charge in [-0.3, -0.25) is 4.79 Å². The maximum atomic E-state index is 11.0. The highest BCUT2D eigenvalue weighted by atomic mass is 16.5. The highest BCUT2D eigenvalue weighted by Crippen LogP contribution is 2.41. The maximum absolute atomic E-state index is 11.0. The fraction of sp³-hybridized carbons (Fsp3) is 0.750. The molecule has 1 aliphatic carbocycles. The molecule has 0 aromatic carbocycles. The van der Waals surface area contributed by atoms with Crippen LogP contribution in [0.1, 0.15) is 53.9 Å². The van der Waals surface area contributed by atoms with Crippen molar-refractivity contribution in [2.24, 2.45) is 5.41 Å². The number of carbonyl (C=O) groups is 2. The van der Waals surface area contributed by atoms with Gasteiger partial charge in [-0.05, 0) is 39.2 Å². The molecular weight excluding hydrogens is 256 g/mol. The minimum Gasteiger partial charge on any atom is -0.461 e. The molecule has 1 aliphatic rings. The van der Waals surface area contributed by atoms with Crippen LogP contribution >= 0.6 is 0 Å². The Morgan fingerprint density at radius 2 is 2.15 bits per heavy atom. The molecule has 4 nitrogen and oxygen atoms in total. The molecule has 1 rings (SSSR count). The first-order valence-electron chi connectivity index (χ1n) is 7.09. The summed E-state index contributed by atoms with van der Waals surface area (Å²) in [5, 5.41) is 0. The lowest BCUT2D eigenvalue weighted by molar-refractivity contribution is -0.141. The van der Waals surface area contributed by atoms with Crippen LogP contribution in [0.5, 0.6) is 0 Å². The predicted molar refractivity (Wildman–Crippen MR) is 77.4 cm³/mol. The molecule has 0 N–H and O–H groups in total. The van der Waals surface area contributed by atoms with Crippen LogP contribution in [0, 0.1) is 5.41 Å². The van der Waals surface area contributed by atoms with Gasteiger partial charge in [0.05, 0.1) is 11.7 Å². The normalized spacial score (nSPS) is 26.9. The number of esters is 1. The molecule has 0 amide bonds. The smallest absolute Gasteiger partial charge is 0.302 e. The van der Waals surface area contributed by atoms with Gasteiger partial charge in [-0.15, -0.1) is 0 Å². The van der Waals surface area contributed by atoms with E-state index in [1.54, 1.807) is 0 Å². The van der Waals surface area contributed by atoms with Gasteiger partial charge in [-0.2, -0.15) is 0 Å². The molecule has 0 aromatic rings. The van der Waals surface area contributed by atoms with E-state index in [1.165, 1.54) is 6.92 Å². The second kappa shape index (κ2) is 6.53. The van der Waals surface area contributed by atoms with E-state index >= 15 is 0 Å². The summed E-state index contributed by atoms with van der Waals surface area (Å²) < 4.78 is 11.2. The number of ether oxygens (including phenoxy) is 2. The average molecular weight is 282 g/mol. The van der Waals surface area contributed by atoms with Gasteiger partial charge in [0.2, 0.25) is 0 Å². The summed E-state index contributed by atoms with van der Waals surface area (Å²) in [4.78, 5) is 21.9. The van der Waals surface area contributed by atoms with Crippen molar-refractivity contribution in [3.05, 3.63) is 11.6 Å². The Morgan fingerprint density at radius 1 is 1.50 bits per heavy atom. The Kier molecular flexibility index (Phi) is 5.51. The van der Waals surface area contributed by atoms with E-state index in [4.69, 9.17) is 9.47 Å². The van der Waals surface area contributed by atoms with Crippen LogP contribution in [0.25, 0.3) is 0 Å². The summed E-state index contributed by atoms with van der Waals surface area (Å²) in [6.07, 6.45) is 4.96. The third-order valence-corrected chi connectivity index (χ3v) is 3.54. The van der Waals surface area contributed by atoms with E-state index in [1.807, 2.05) is 20.8 Å². The fourth-order valence-electron chi connectivity index (χ4n) is 2.58. The Bertz CT molecular complexity index is 392. The third-order valence-electron chi connectivity index (χ3n) is 3.54. The summed E-state index contributed by atoms with van der Waals surface area (Å²) in [5.41, 5.74) is 0.591. The Hall–Kier alpha value is -1.16. The van der Waals surface area contributed by atoms with Gasteiger partial charge in [0.25, 0.3) is 0 Å². The van der Waals surface area contributed by atoms with Gasteiger partial charge >= 0.3 is 5.97 Å². The molecule has 0 bridgehead atoms. The van der Waals surface area contributed by atoms with Crippen molar-refractivity contribution in [1.82, 2.24) is 0 Å². The minimum absolute atomic E-state index is 0.00813. The Balaban J connectivity index is 2.81. The van der Waals surface area contributed by atoms with Crippen molar-refractivity contribution in [2.45, 2.75) is 65.6 Å². The van der Waals surface area contributed by atoms with Gasteiger partial charge in [-0.1, -0.05) is 13.0 Å². The molecule has 0 spiro atoms. The molecule has 0 unspecified atom stereocenters. The van der Waals surface area contributed by atoms with E-state index in [-0.39, 0.29) is 23.1 Å². The van der Waals surface area contributed by atoms with Crippen molar-refractivity contribution < 1.29 is 19.1 Å². The first kappa shape index (κ1) is 16.9. The second-order valence-corrected chi connectivity index (χ2v) is 6.80. The zero-order valence-electron chi connectivity index (χ0n) is 13.2. The van der Waals surface area contributed by atoms with Gasteiger partial charge in [-0.25, -0.2) is 0 Å². The number of hydrogen-bond donors (Lipinski definition) is 0. The topological polar surface area (TPSA) is 52.6 Å². The van der Waals surface area contributed by atoms with Gasteiger partial charge in [0.1, 0.15) is 12.9 Å². The van der Waals surface area contributed by atoms with Crippen molar-refractivity contribution in [1.29, 1.82) is 0 Å². The third kappa shape index (κ3) is 5.08. The first-order valence-corrected chi connectivity index (χ1v) is 7.09. The molecule has 0 heterocycles. The lowest BCUT2D eigenvalue weighted by Gasteiger charge is -2.43. The summed E-state index contributed by atoms with van der Waals surface area (Å²) in [6, 6.07) is 0. The molecule has 0 saturated heterocycles. The molecule has 2 atom stereocenters. The molecule has 0 saturated carbocycles.